The number of rotatable bonds is 1. The summed E-state index contributed by atoms with van der Waals surface area (Å²) in [7, 11) is 0. The zero-order valence-corrected chi connectivity index (χ0v) is 14.0. The number of hydrogen-bond acceptors (Lipinski definition) is 5. The molecule has 0 bridgehead atoms. The van der Waals surface area contributed by atoms with Crippen molar-refractivity contribution < 1.29 is 19.4 Å². The van der Waals surface area contributed by atoms with Crippen LogP contribution in [0.15, 0.2) is 45.8 Å². The summed E-state index contributed by atoms with van der Waals surface area (Å²) in [4.78, 5) is 12.8. The second kappa shape index (κ2) is 5.28. The van der Waals surface area contributed by atoms with Crippen molar-refractivity contribution in [3.05, 3.63) is 52.4 Å². The summed E-state index contributed by atoms with van der Waals surface area (Å²) in [5, 5.41) is 19.6. The summed E-state index contributed by atoms with van der Waals surface area (Å²) in [6.07, 6.45) is 3.13. The van der Waals surface area contributed by atoms with E-state index in [9.17, 15) is 15.0 Å². The lowest BCUT2D eigenvalue weighted by molar-refractivity contribution is 0.0847. The van der Waals surface area contributed by atoms with Gasteiger partial charge in [-0.1, -0.05) is 6.07 Å². The largest absolute Gasteiger partial charge is 0.508 e. The highest BCUT2D eigenvalue weighted by Gasteiger charge is 2.27. The molecule has 25 heavy (non-hydrogen) atoms. The minimum absolute atomic E-state index is 0.0606. The van der Waals surface area contributed by atoms with Gasteiger partial charge in [-0.3, -0.25) is 4.79 Å². The van der Waals surface area contributed by atoms with Crippen molar-refractivity contribution in [3.8, 4) is 28.4 Å². The molecule has 4 rings (SSSR count). The maximum atomic E-state index is 12.8. The average molecular weight is 338 g/mol. The van der Waals surface area contributed by atoms with E-state index < -0.39 is 0 Å². The van der Waals surface area contributed by atoms with E-state index in [-0.39, 0.29) is 33.5 Å². The van der Waals surface area contributed by atoms with Crippen LogP contribution in [0.25, 0.3) is 22.1 Å². The smallest absolute Gasteiger partial charge is 0.204 e. The van der Waals surface area contributed by atoms with Crippen molar-refractivity contribution in [2.45, 2.75) is 32.3 Å². The Bertz CT molecular complexity index is 1050. The number of phenolic OH excluding ortho intramolecular Hbond substituents is 2. The number of benzene rings is 2. The van der Waals surface area contributed by atoms with E-state index in [0.717, 1.165) is 30.2 Å². The highest BCUT2D eigenvalue weighted by Crippen LogP contribution is 2.36. The first kappa shape index (κ1) is 15.6. The van der Waals surface area contributed by atoms with Crippen molar-refractivity contribution in [1.29, 1.82) is 0 Å². The van der Waals surface area contributed by atoms with Gasteiger partial charge in [-0.05, 0) is 49.9 Å². The van der Waals surface area contributed by atoms with Crippen LogP contribution in [0.2, 0.25) is 0 Å². The molecule has 0 atom stereocenters. The third-order valence-corrected chi connectivity index (χ3v) is 4.60. The van der Waals surface area contributed by atoms with Crippen LogP contribution in [0.1, 0.15) is 25.8 Å². The van der Waals surface area contributed by atoms with Gasteiger partial charge in [0.1, 0.15) is 40.1 Å². The molecule has 1 aliphatic heterocycles. The first-order chi connectivity index (χ1) is 11.8. The Balaban J connectivity index is 1.86. The van der Waals surface area contributed by atoms with Crippen molar-refractivity contribution in [2.75, 3.05) is 0 Å². The molecule has 1 aliphatic rings. The van der Waals surface area contributed by atoms with Gasteiger partial charge >= 0.3 is 0 Å². The summed E-state index contributed by atoms with van der Waals surface area (Å²) >= 11 is 0. The Kier molecular flexibility index (Phi) is 3.29. The molecule has 0 fully saturated rings. The fourth-order valence-corrected chi connectivity index (χ4v) is 3.24. The quantitative estimate of drug-likeness (QED) is 0.702. The second-order valence-corrected chi connectivity index (χ2v) is 7.00. The van der Waals surface area contributed by atoms with Gasteiger partial charge < -0.3 is 19.4 Å². The molecule has 0 saturated carbocycles. The molecule has 0 aliphatic carbocycles. The SMILES string of the molecule is CC1(C)CCc2cc(-c3coc4cc(O)cc(O)c4c3=O)ccc2O1. The van der Waals surface area contributed by atoms with Crippen LogP contribution in [0.3, 0.4) is 0 Å². The van der Waals surface area contributed by atoms with Gasteiger partial charge in [0.05, 0.1) is 5.56 Å². The molecular weight excluding hydrogens is 320 g/mol. The minimum atomic E-state index is -0.337. The van der Waals surface area contributed by atoms with Gasteiger partial charge in [0.2, 0.25) is 5.43 Å². The topological polar surface area (TPSA) is 79.9 Å². The van der Waals surface area contributed by atoms with E-state index in [4.69, 9.17) is 9.15 Å². The Labute approximate surface area is 144 Å². The molecule has 5 heteroatoms. The lowest BCUT2D eigenvalue weighted by Gasteiger charge is -2.32. The molecular formula is C20H18O5. The van der Waals surface area contributed by atoms with E-state index in [0.29, 0.717) is 11.1 Å². The molecule has 2 heterocycles. The molecule has 1 aromatic heterocycles. The van der Waals surface area contributed by atoms with Crippen LogP contribution in [0.5, 0.6) is 17.2 Å². The van der Waals surface area contributed by atoms with Gasteiger partial charge in [-0.15, -0.1) is 0 Å². The number of aryl methyl sites for hydroxylation is 1. The molecule has 0 spiro atoms. The van der Waals surface area contributed by atoms with Gasteiger partial charge in [0.15, 0.2) is 0 Å². The minimum Gasteiger partial charge on any atom is -0.508 e. The predicted molar refractivity (Wildman–Crippen MR) is 94.3 cm³/mol. The maximum absolute atomic E-state index is 12.8. The van der Waals surface area contributed by atoms with Gasteiger partial charge in [0.25, 0.3) is 0 Å². The van der Waals surface area contributed by atoms with E-state index in [1.165, 1.54) is 12.3 Å². The highest BCUT2D eigenvalue weighted by molar-refractivity contribution is 5.88. The number of aromatic hydroxyl groups is 2. The fourth-order valence-electron chi connectivity index (χ4n) is 3.24. The standard InChI is InChI=1S/C20H18O5/c1-20(2)6-5-12-7-11(3-4-16(12)25-20)14-10-24-17-9-13(21)8-15(22)18(17)19(14)23/h3-4,7-10,21-22H,5-6H2,1-2H3. The van der Waals surface area contributed by atoms with Crippen molar-refractivity contribution in [1.82, 2.24) is 0 Å². The first-order valence-electron chi connectivity index (χ1n) is 8.14. The van der Waals surface area contributed by atoms with E-state index in [2.05, 4.69) is 13.8 Å². The molecule has 0 saturated heterocycles. The normalized spacial score (nSPS) is 15.6. The Morgan fingerprint density at radius 1 is 1.12 bits per heavy atom. The Hall–Kier alpha value is -2.95. The van der Waals surface area contributed by atoms with Crippen LogP contribution < -0.4 is 10.2 Å². The summed E-state index contributed by atoms with van der Waals surface area (Å²) in [5.41, 5.74) is 1.74. The van der Waals surface area contributed by atoms with Gasteiger partial charge in [-0.25, -0.2) is 0 Å². The Morgan fingerprint density at radius 2 is 1.92 bits per heavy atom. The van der Waals surface area contributed by atoms with Crippen LogP contribution in [-0.4, -0.2) is 15.8 Å². The highest BCUT2D eigenvalue weighted by atomic mass is 16.5. The number of hydrogen-bond donors (Lipinski definition) is 2. The fraction of sp³-hybridized carbons (Fsp3) is 0.250. The van der Waals surface area contributed by atoms with Crippen molar-refractivity contribution >= 4 is 11.0 Å². The monoisotopic (exact) mass is 338 g/mol. The van der Waals surface area contributed by atoms with E-state index >= 15 is 0 Å². The van der Waals surface area contributed by atoms with Crippen LogP contribution in [-0.2, 0) is 6.42 Å². The summed E-state index contributed by atoms with van der Waals surface area (Å²) in [5.74, 6) is 0.376. The molecule has 2 N–H and O–H groups in total. The zero-order chi connectivity index (χ0) is 17.8. The summed E-state index contributed by atoms with van der Waals surface area (Å²) < 4.78 is 11.4. The van der Waals surface area contributed by atoms with Crippen LogP contribution in [0.4, 0.5) is 0 Å². The molecule has 0 amide bonds. The van der Waals surface area contributed by atoms with Gasteiger partial charge in [0, 0.05) is 12.1 Å². The lowest BCUT2D eigenvalue weighted by atomic mass is 9.92. The van der Waals surface area contributed by atoms with Crippen molar-refractivity contribution in [3.63, 3.8) is 0 Å². The Morgan fingerprint density at radius 3 is 2.72 bits per heavy atom. The predicted octanol–water partition coefficient (Wildman–Crippen LogP) is 3.97. The first-order valence-corrected chi connectivity index (χ1v) is 8.14. The molecule has 0 unspecified atom stereocenters. The van der Waals surface area contributed by atoms with E-state index in [1.54, 1.807) is 0 Å². The van der Waals surface area contributed by atoms with Crippen molar-refractivity contribution in [2.24, 2.45) is 0 Å². The lowest BCUT2D eigenvalue weighted by Crippen LogP contribution is -2.32. The molecule has 3 aromatic rings. The van der Waals surface area contributed by atoms with Gasteiger partial charge in [-0.2, -0.15) is 0 Å². The molecule has 128 valence electrons. The average Bonchev–Trinajstić information content (AvgIpc) is 2.53. The number of phenols is 2. The molecule has 0 radical (unpaired) electrons. The number of fused-ring (bicyclic) bond motifs is 2. The molecule has 2 aromatic carbocycles. The molecule has 5 nitrogen and oxygen atoms in total. The zero-order valence-electron chi connectivity index (χ0n) is 14.0. The maximum Gasteiger partial charge on any atom is 0.204 e. The van der Waals surface area contributed by atoms with E-state index in [1.807, 2.05) is 18.2 Å². The summed E-state index contributed by atoms with van der Waals surface area (Å²) in [6.45, 7) is 4.11. The third-order valence-electron chi connectivity index (χ3n) is 4.60. The number of ether oxygens (including phenoxy) is 1. The second-order valence-electron chi connectivity index (χ2n) is 7.00. The summed E-state index contributed by atoms with van der Waals surface area (Å²) in [6, 6.07) is 8.05. The van der Waals surface area contributed by atoms with Crippen LogP contribution >= 0.6 is 0 Å². The van der Waals surface area contributed by atoms with Crippen LogP contribution in [0, 0.1) is 0 Å². The third kappa shape index (κ3) is 2.61.